The first kappa shape index (κ1) is 14.9. The lowest BCUT2D eigenvalue weighted by Crippen LogP contribution is -2.27. The van der Waals surface area contributed by atoms with Crippen molar-refractivity contribution in [2.24, 2.45) is 10.7 Å². The Morgan fingerprint density at radius 2 is 1.90 bits per heavy atom. The Morgan fingerprint density at radius 3 is 2.50 bits per heavy atom. The highest BCUT2D eigenvalue weighted by molar-refractivity contribution is 6.28. The lowest BCUT2D eigenvalue weighted by molar-refractivity contribution is -0.130. The van der Waals surface area contributed by atoms with Crippen LogP contribution in [-0.2, 0) is 11.2 Å². The van der Waals surface area contributed by atoms with Crippen LogP contribution in [0.3, 0.4) is 0 Å². The average molecular weight is 294 g/mol. The van der Waals surface area contributed by atoms with Gasteiger partial charge in [-0.2, -0.15) is 0 Å². The number of carbonyl (C=O) groups excluding carboxylic acids is 1. The molecule has 2 rings (SSSR count). The molecule has 1 aromatic rings. The number of nitrogens with two attached hydrogens (primary N) is 1. The maximum atomic E-state index is 11.9. The summed E-state index contributed by atoms with van der Waals surface area (Å²) in [5, 5.41) is 0. The van der Waals surface area contributed by atoms with Gasteiger partial charge in [0.25, 0.3) is 0 Å². The van der Waals surface area contributed by atoms with Crippen LogP contribution in [-0.4, -0.2) is 35.6 Å². The Labute approximate surface area is 124 Å². The molecule has 5 heteroatoms. The van der Waals surface area contributed by atoms with E-state index in [-0.39, 0.29) is 11.8 Å². The van der Waals surface area contributed by atoms with E-state index in [0.717, 1.165) is 43.6 Å². The summed E-state index contributed by atoms with van der Waals surface area (Å²) in [5.74, 6) is 0.895. The molecule has 108 valence electrons. The van der Waals surface area contributed by atoms with Crippen LogP contribution in [0, 0.1) is 0 Å². The van der Waals surface area contributed by atoms with Crippen molar-refractivity contribution >= 4 is 29.0 Å². The van der Waals surface area contributed by atoms with Crippen LogP contribution in [0.1, 0.15) is 24.8 Å². The summed E-state index contributed by atoms with van der Waals surface area (Å²) in [5.41, 5.74) is 7.51. The van der Waals surface area contributed by atoms with Crippen molar-refractivity contribution in [3.63, 3.8) is 0 Å². The number of carbonyl (C=O) groups is 1. The number of aryl methyl sites for hydroxylation is 1. The largest absolute Gasteiger partial charge is 0.386 e. The molecular weight excluding hydrogens is 274 g/mol. The van der Waals surface area contributed by atoms with Gasteiger partial charge in [-0.3, -0.25) is 4.79 Å². The van der Waals surface area contributed by atoms with Crippen molar-refractivity contribution in [3.8, 4) is 0 Å². The standard InChI is InChI=1S/C15H20ClN3O/c16-11-14(17)18-13-6-3-12(4-7-13)5-8-15(20)19-9-1-2-10-19/h3-4,6-7H,1-2,5,8-11H2,(H2,17,18). The Balaban J connectivity index is 1.86. The number of halogens is 1. The van der Waals surface area contributed by atoms with Crippen molar-refractivity contribution in [1.82, 2.24) is 4.90 Å². The Hall–Kier alpha value is -1.55. The average Bonchev–Trinajstić information content (AvgIpc) is 3.00. The first-order valence-electron chi connectivity index (χ1n) is 6.95. The Morgan fingerprint density at radius 1 is 1.25 bits per heavy atom. The number of amidine groups is 1. The molecule has 1 aromatic carbocycles. The minimum Gasteiger partial charge on any atom is -0.386 e. The molecule has 0 radical (unpaired) electrons. The smallest absolute Gasteiger partial charge is 0.222 e. The van der Waals surface area contributed by atoms with E-state index in [4.69, 9.17) is 17.3 Å². The van der Waals surface area contributed by atoms with Gasteiger partial charge in [-0.15, -0.1) is 11.6 Å². The number of benzene rings is 1. The molecule has 0 aromatic heterocycles. The molecule has 1 amide bonds. The number of alkyl halides is 1. The summed E-state index contributed by atoms with van der Waals surface area (Å²) in [6, 6.07) is 7.76. The van der Waals surface area contributed by atoms with Gasteiger partial charge in [-0.05, 0) is 37.0 Å². The molecule has 2 N–H and O–H groups in total. The van der Waals surface area contributed by atoms with Crippen LogP contribution in [0.2, 0.25) is 0 Å². The fraction of sp³-hybridized carbons (Fsp3) is 0.467. The van der Waals surface area contributed by atoms with Crippen molar-refractivity contribution in [2.75, 3.05) is 19.0 Å². The number of rotatable bonds is 5. The molecule has 0 atom stereocenters. The zero-order chi connectivity index (χ0) is 14.4. The summed E-state index contributed by atoms with van der Waals surface area (Å²) in [6.07, 6.45) is 3.62. The fourth-order valence-electron chi connectivity index (χ4n) is 2.31. The van der Waals surface area contributed by atoms with Crippen molar-refractivity contribution < 1.29 is 4.79 Å². The minimum atomic E-state index is 0.228. The Bertz CT molecular complexity index is 478. The van der Waals surface area contributed by atoms with Gasteiger partial charge in [0, 0.05) is 19.5 Å². The third-order valence-electron chi connectivity index (χ3n) is 3.43. The third kappa shape index (κ3) is 4.23. The van der Waals surface area contributed by atoms with E-state index >= 15 is 0 Å². The fourth-order valence-corrected chi connectivity index (χ4v) is 2.37. The number of nitrogens with zero attached hydrogens (tertiary/aromatic N) is 2. The van der Waals surface area contributed by atoms with Gasteiger partial charge in [0.2, 0.25) is 5.91 Å². The van der Waals surface area contributed by atoms with Crippen LogP contribution < -0.4 is 5.73 Å². The maximum absolute atomic E-state index is 11.9. The first-order chi connectivity index (χ1) is 9.69. The quantitative estimate of drug-likeness (QED) is 0.515. The molecule has 0 saturated carbocycles. The molecule has 0 spiro atoms. The van der Waals surface area contributed by atoms with Gasteiger partial charge >= 0.3 is 0 Å². The van der Waals surface area contributed by atoms with Crippen LogP contribution in [0.5, 0.6) is 0 Å². The lowest BCUT2D eigenvalue weighted by Gasteiger charge is -2.14. The molecular formula is C15H20ClN3O. The number of hydrogen-bond donors (Lipinski definition) is 1. The lowest BCUT2D eigenvalue weighted by atomic mass is 10.1. The van der Waals surface area contributed by atoms with Crippen LogP contribution in [0.25, 0.3) is 0 Å². The van der Waals surface area contributed by atoms with E-state index in [1.807, 2.05) is 29.2 Å². The third-order valence-corrected chi connectivity index (χ3v) is 3.71. The van der Waals surface area contributed by atoms with Crippen LogP contribution >= 0.6 is 11.6 Å². The molecule has 20 heavy (non-hydrogen) atoms. The molecule has 0 unspecified atom stereocenters. The van der Waals surface area contributed by atoms with Gasteiger partial charge in [0.15, 0.2) is 0 Å². The van der Waals surface area contributed by atoms with E-state index in [1.54, 1.807) is 0 Å². The second kappa shape index (κ2) is 7.29. The molecule has 1 fully saturated rings. The van der Waals surface area contributed by atoms with Crippen molar-refractivity contribution in [3.05, 3.63) is 29.8 Å². The molecule has 1 aliphatic rings. The second-order valence-electron chi connectivity index (χ2n) is 4.99. The predicted octanol–water partition coefficient (Wildman–Crippen LogP) is 2.47. The van der Waals surface area contributed by atoms with Gasteiger partial charge in [0.1, 0.15) is 5.84 Å². The summed E-state index contributed by atoms with van der Waals surface area (Å²) < 4.78 is 0. The van der Waals surface area contributed by atoms with E-state index in [2.05, 4.69) is 4.99 Å². The zero-order valence-electron chi connectivity index (χ0n) is 11.5. The molecule has 0 aliphatic carbocycles. The normalized spacial score (nSPS) is 15.7. The molecule has 1 heterocycles. The summed E-state index contributed by atoms with van der Waals surface area (Å²) in [7, 11) is 0. The van der Waals surface area contributed by atoms with Gasteiger partial charge in [-0.1, -0.05) is 12.1 Å². The first-order valence-corrected chi connectivity index (χ1v) is 7.48. The van der Waals surface area contributed by atoms with Crippen LogP contribution in [0.4, 0.5) is 5.69 Å². The van der Waals surface area contributed by atoms with Gasteiger partial charge < -0.3 is 10.6 Å². The summed E-state index contributed by atoms with van der Waals surface area (Å²) >= 11 is 5.58. The van der Waals surface area contributed by atoms with E-state index in [9.17, 15) is 4.79 Å². The highest BCUT2D eigenvalue weighted by Gasteiger charge is 2.17. The van der Waals surface area contributed by atoms with E-state index in [0.29, 0.717) is 12.3 Å². The molecule has 4 nitrogen and oxygen atoms in total. The number of likely N-dealkylation sites (tertiary alicyclic amines) is 1. The number of hydrogen-bond acceptors (Lipinski definition) is 2. The minimum absolute atomic E-state index is 0.228. The summed E-state index contributed by atoms with van der Waals surface area (Å²) in [4.78, 5) is 18.1. The summed E-state index contributed by atoms with van der Waals surface area (Å²) in [6.45, 7) is 1.84. The number of aliphatic imine (C=N–C) groups is 1. The second-order valence-corrected chi connectivity index (χ2v) is 5.26. The van der Waals surface area contributed by atoms with E-state index in [1.165, 1.54) is 0 Å². The predicted molar refractivity (Wildman–Crippen MR) is 82.6 cm³/mol. The highest BCUT2D eigenvalue weighted by atomic mass is 35.5. The van der Waals surface area contributed by atoms with Crippen molar-refractivity contribution in [1.29, 1.82) is 0 Å². The highest BCUT2D eigenvalue weighted by Crippen LogP contribution is 2.15. The van der Waals surface area contributed by atoms with Crippen LogP contribution in [0.15, 0.2) is 29.3 Å². The Kier molecular flexibility index (Phi) is 5.41. The molecule has 1 saturated heterocycles. The molecule has 0 bridgehead atoms. The van der Waals surface area contributed by atoms with Gasteiger partial charge in [-0.25, -0.2) is 4.99 Å². The molecule has 1 aliphatic heterocycles. The zero-order valence-corrected chi connectivity index (χ0v) is 12.3. The monoisotopic (exact) mass is 293 g/mol. The van der Waals surface area contributed by atoms with Gasteiger partial charge in [0.05, 0.1) is 11.6 Å². The number of amides is 1. The van der Waals surface area contributed by atoms with Crippen molar-refractivity contribution in [2.45, 2.75) is 25.7 Å². The maximum Gasteiger partial charge on any atom is 0.222 e. The topological polar surface area (TPSA) is 58.7 Å². The SMILES string of the molecule is NC(CCl)=Nc1ccc(CCC(=O)N2CCCC2)cc1. The van der Waals surface area contributed by atoms with E-state index < -0.39 is 0 Å².